The molecule has 72 valence electrons. The Kier molecular flexibility index (Phi) is 3.06. The first-order valence-electron chi connectivity index (χ1n) is 4.03. The number of hydrogen-bond acceptors (Lipinski definition) is 3. The molecule has 0 aromatic carbocycles. The molecule has 0 saturated carbocycles. The van der Waals surface area contributed by atoms with Crippen LogP contribution in [-0.4, -0.2) is 17.6 Å². The third kappa shape index (κ3) is 2.29. The van der Waals surface area contributed by atoms with Gasteiger partial charge in [0.2, 0.25) is 0 Å². The van der Waals surface area contributed by atoms with Crippen molar-refractivity contribution >= 4 is 17.3 Å². The molecule has 1 rings (SSSR count). The van der Waals surface area contributed by atoms with Crippen molar-refractivity contribution in [3.05, 3.63) is 22.4 Å². The van der Waals surface area contributed by atoms with Crippen molar-refractivity contribution in [2.45, 2.75) is 13.3 Å². The molecular weight excluding hydrogens is 186 g/mol. The molecule has 1 heterocycles. The van der Waals surface area contributed by atoms with Crippen LogP contribution < -0.4 is 5.73 Å². The molecule has 0 aliphatic carbocycles. The smallest absolute Gasteiger partial charge is 0.310 e. The molecule has 4 heteroatoms. The molecule has 3 N–H and O–H groups in total. The molecular formula is C9H13NO2S. The average molecular weight is 199 g/mol. The van der Waals surface area contributed by atoms with Crippen molar-refractivity contribution in [2.24, 2.45) is 11.1 Å². The van der Waals surface area contributed by atoms with Crippen molar-refractivity contribution in [2.75, 3.05) is 6.54 Å². The zero-order valence-corrected chi connectivity index (χ0v) is 8.30. The van der Waals surface area contributed by atoms with E-state index in [0.717, 1.165) is 5.56 Å². The van der Waals surface area contributed by atoms with Crippen LogP contribution in [0.4, 0.5) is 0 Å². The zero-order chi connectivity index (χ0) is 9.90. The lowest BCUT2D eigenvalue weighted by Gasteiger charge is -2.21. The third-order valence-corrected chi connectivity index (χ3v) is 2.87. The molecule has 13 heavy (non-hydrogen) atoms. The molecule has 0 amide bonds. The first-order chi connectivity index (χ1) is 6.08. The van der Waals surface area contributed by atoms with Gasteiger partial charge in [-0.2, -0.15) is 11.3 Å². The van der Waals surface area contributed by atoms with Gasteiger partial charge in [-0.3, -0.25) is 4.79 Å². The monoisotopic (exact) mass is 199 g/mol. The van der Waals surface area contributed by atoms with Gasteiger partial charge in [0.25, 0.3) is 0 Å². The first-order valence-corrected chi connectivity index (χ1v) is 4.97. The predicted molar refractivity (Wildman–Crippen MR) is 52.8 cm³/mol. The number of carbonyl (C=O) groups is 1. The number of hydrogen-bond donors (Lipinski definition) is 2. The van der Waals surface area contributed by atoms with Gasteiger partial charge in [-0.1, -0.05) is 0 Å². The second-order valence-electron chi connectivity index (χ2n) is 3.38. The maximum atomic E-state index is 10.9. The molecule has 0 radical (unpaired) electrons. The lowest BCUT2D eigenvalue weighted by Crippen LogP contribution is -2.37. The molecule has 0 fully saturated rings. The number of carboxylic acids is 1. The summed E-state index contributed by atoms with van der Waals surface area (Å²) in [6.45, 7) is 1.84. The van der Waals surface area contributed by atoms with Gasteiger partial charge in [-0.05, 0) is 35.7 Å². The van der Waals surface area contributed by atoms with Crippen LogP contribution in [0, 0.1) is 5.41 Å². The van der Waals surface area contributed by atoms with Gasteiger partial charge in [0, 0.05) is 6.54 Å². The minimum atomic E-state index is -0.832. The lowest BCUT2D eigenvalue weighted by atomic mass is 9.85. The average Bonchev–Trinajstić information content (AvgIpc) is 2.56. The predicted octanol–water partition coefficient (Wildman–Crippen LogP) is 1.34. The van der Waals surface area contributed by atoms with Crippen molar-refractivity contribution in [3.63, 3.8) is 0 Å². The van der Waals surface area contributed by atoms with Gasteiger partial charge >= 0.3 is 5.97 Å². The Morgan fingerprint density at radius 3 is 2.85 bits per heavy atom. The van der Waals surface area contributed by atoms with E-state index in [1.165, 1.54) is 0 Å². The standard InChI is InChI=1S/C9H13NO2S/c1-9(6-10,8(11)12)4-7-2-3-13-5-7/h2-3,5H,4,6,10H2,1H3,(H,11,12). The van der Waals surface area contributed by atoms with Gasteiger partial charge in [-0.15, -0.1) is 0 Å². The number of rotatable bonds is 4. The van der Waals surface area contributed by atoms with Gasteiger partial charge in [0.05, 0.1) is 5.41 Å². The summed E-state index contributed by atoms with van der Waals surface area (Å²) in [5, 5.41) is 12.8. The van der Waals surface area contributed by atoms with E-state index in [1.807, 2.05) is 16.8 Å². The summed E-state index contributed by atoms with van der Waals surface area (Å²) in [6.07, 6.45) is 0.502. The summed E-state index contributed by atoms with van der Waals surface area (Å²) >= 11 is 1.57. The summed E-state index contributed by atoms with van der Waals surface area (Å²) < 4.78 is 0. The third-order valence-electron chi connectivity index (χ3n) is 2.14. The highest BCUT2D eigenvalue weighted by Gasteiger charge is 2.31. The summed E-state index contributed by atoms with van der Waals surface area (Å²) in [4.78, 5) is 10.9. The van der Waals surface area contributed by atoms with Crippen molar-refractivity contribution in [1.82, 2.24) is 0 Å². The zero-order valence-electron chi connectivity index (χ0n) is 7.49. The van der Waals surface area contributed by atoms with Crippen LogP contribution >= 0.6 is 11.3 Å². The summed E-state index contributed by atoms with van der Waals surface area (Å²) in [6, 6.07) is 1.93. The Morgan fingerprint density at radius 1 is 1.77 bits per heavy atom. The fraction of sp³-hybridized carbons (Fsp3) is 0.444. The second kappa shape index (κ2) is 3.89. The van der Waals surface area contributed by atoms with E-state index in [9.17, 15) is 4.79 Å². The number of nitrogens with two attached hydrogens (primary N) is 1. The minimum absolute atomic E-state index is 0.165. The van der Waals surface area contributed by atoms with Crippen molar-refractivity contribution in [3.8, 4) is 0 Å². The fourth-order valence-corrected chi connectivity index (χ4v) is 1.75. The number of aliphatic carboxylic acids is 1. The van der Waals surface area contributed by atoms with E-state index < -0.39 is 11.4 Å². The van der Waals surface area contributed by atoms with Gasteiger partial charge < -0.3 is 10.8 Å². The lowest BCUT2D eigenvalue weighted by molar-refractivity contribution is -0.147. The molecule has 3 nitrogen and oxygen atoms in total. The van der Waals surface area contributed by atoms with Crippen LogP contribution in [0.3, 0.4) is 0 Å². The van der Waals surface area contributed by atoms with Gasteiger partial charge in [-0.25, -0.2) is 0 Å². The highest BCUT2D eigenvalue weighted by atomic mass is 32.1. The van der Waals surface area contributed by atoms with Crippen LogP contribution in [0.1, 0.15) is 12.5 Å². The normalized spacial score (nSPS) is 15.2. The summed E-state index contributed by atoms with van der Waals surface area (Å²) in [7, 11) is 0. The summed E-state index contributed by atoms with van der Waals surface area (Å²) in [5.74, 6) is -0.832. The quantitative estimate of drug-likeness (QED) is 0.769. The number of thiophene rings is 1. The van der Waals surface area contributed by atoms with Crippen LogP contribution in [0.25, 0.3) is 0 Å². The van der Waals surface area contributed by atoms with E-state index >= 15 is 0 Å². The van der Waals surface area contributed by atoms with E-state index in [-0.39, 0.29) is 6.54 Å². The van der Waals surface area contributed by atoms with Gasteiger partial charge in [0.1, 0.15) is 0 Å². The van der Waals surface area contributed by atoms with E-state index in [4.69, 9.17) is 10.8 Å². The maximum absolute atomic E-state index is 10.9. The highest BCUT2D eigenvalue weighted by Crippen LogP contribution is 2.22. The van der Waals surface area contributed by atoms with Crippen LogP contribution in [0.15, 0.2) is 16.8 Å². The maximum Gasteiger partial charge on any atom is 0.310 e. The Balaban J connectivity index is 2.75. The molecule has 0 bridgehead atoms. The Bertz CT molecular complexity index is 284. The SMILES string of the molecule is CC(CN)(Cc1ccsc1)C(=O)O. The van der Waals surface area contributed by atoms with E-state index in [2.05, 4.69) is 0 Å². The van der Waals surface area contributed by atoms with Crippen molar-refractivity contribution < 1.29 is 9.90 Å². The first kappa shape index (κ1) is 10.2. The Labute approximate surface area is 81.2 Å². The molecule has 1 unspecified atom stereocenters. The van der Waals surface area contributed by atoms with E-state index in [0.29, 0.717) is 6.42 Å². The highest BCUT2D eigenvalue weighted by molar-refractivity contribution is 7.07. The van der Waals surface area contributed by atoms with E-state index in [1.54, 1.807) is 18.3 Å². The van der Waals surface area contributed by atoms with Crippen LogP contribution in [0.5, 0.6) is 0 Å². The fourth-order valence-electron chi connectivity index (χ4n) is 1.08. The Morgan fingerprint density at radius 2 is 2.46 bits per heavy atom. The van der Waals surface area contributed by atoms with Crippen LogP contribution in [0.2, 0.25) is 0 Å². The summed E-state index contributed by atoms with van der Waals surface area (Å²) in [5.41, 5.74) is 5.66. The minimum Gasteiger partial charge on any atom is -0.481 e. The molecule has 0 aliphatic heterocycles. The molecule has 0 aliphatic rings. The Hall–Kier alpha value is -0.870. The van der Waals surface area contributed by atoms with Gasteiger partial charge in [0.15, 0.2) is 0 Å². The van der Waals surface area contributed by atoms with Crippen molar-refractivity contribution in [1.29, 1.82) is 0 Å². The van der Waals surface area contributed by atoms with Crippen LogP contribution in [-0.2, 0) is 11.2 Å². The largest absolute Gasteiger partial charge is 0.481 e. The number of carboxylic acid groups (broad SMARTS) is 1. The molecule has 0 spiro atoms. The second-order valence-corrected chi connectivity index (χ2v) is 4.16. The molecule has 1 aromatic rings. The molecule has 1 atom stereocenters. The molecule has 1 aromatic heterocycles. The molecule has 0 saturated heterocycles. The topological polar surface area (TPSA) is 63.3 Å².